The number of ether oxygens (including phenoxy) is 2. The molecular formula is C30H37ClN4O3S. The third-order valence-electron chi connectivity index (χ3n) is 6.67. The van der Waals surface area contributed by atoms with Crippen molar-refractivity contribution in [1.82, 2.24) is 9.21 Å². The van der Waals surface area contributed by atoms with Crippen molar-refractivity contribution in [3.63, 3.8) is 0 Å². The lowest BCUT2D eigenvalue weighted by molar-refractivity contribution is 0.145. The van der Waals surface area contributed by atoms with E-state index in [1.165, 1.54) is 5.57 Å². The summed E-state index contributed by atoms with van der Waals surface area (Å²) in [6, 6.07) is 15.2. The number of allylic oxidation sites excluding steroid dienone is 3. The highest BCUT2D eigenvalue weighted by Crippen LogP contribution is 2.36. The van der Waals surface area contributed by atoms with Crippen molar-refractivity contribution in [3.05, 3.63) is 82.7 Å². The van der Waals surface area contributed by atoms with Gasteiger partial charge in [0.2, 0.25) is 0 Å². The first kappa shape index (κ1) is 29.2. The van der Waals surface area contributed by atoms with Crippen molar-refractivity contribution in [2.45, 2.75) is 33.2 Å². The first-order valence-electron chi connectivity index (χ1n) is 13.4. The molecule has 0 spiro atoms. The molecule has 0 radical (unpaired) electrons. The number of anilines is 1. The first-order chi connectivity index (χ1) is 18.9. The predicted molar refractivity (Wildman–Crippen MR) is 162 cm³/mol. The maximum absolute atomic E-state index is 13.7. The van der Waals surface area contributed by atoms with Crippen LogP contribution in [0.5, 0.6) is 5.75 Å². The van der Waals surface area contributed by atoms with Gasteiger partial charge in [0.15, 0.2) is 0 Å². The summed E-state index contributed by atoms with van der Waals surface area (Å²) in [6.45, 7) is 10.5. The van der Waals surface area contributed by atoms with E-state index in [9.17, 15) is 4.79 Å². The molecule has 2 aliphatic rings. The van der Waals surface area contributed by atoms with Gasteiger partial charge in [-0.25, -0.2) is 9.10 Å². The Balaban J connectivity index is 1.52. The Morgan fingerprint density at radius 2 is 2.00 bits per heavy atom. The first-order valence-corrected chi connectivity index (χ1v) is 14.7. The number of urea groups is 1. The summed E-state index contributed by atoms with van der Waals surface area (Å²) in [5.41, 5.74) is 3.10. The van der Waals surface area contributed by atoms with Crippen LogP contribution in [0.4, 0.5) is 10.5 Å². The number of nitrogens with zero attached hydrogens (tertiary/aromatic N) is 4. The zero-order chi connectivity index (χ0) is 27.6. The summed E-state index contributed by atoms with van der Waals surface area (Å²) in [5, 5.41) is 0.639. The van der Waals surface area contributed by atoms with Gasteiger partial charge in [0.25, 0.3) is 0 Å². The summed E-state index contributed by atoms with van der Waals surface area (Å²) in [4.78, 5) is 21.8. The van der Waals surface area contributed by atoms with E-state index < -0.39 is 0 Å². The summed E-state index contributed by atoms with van der Waals surface area (Å²) < 4.78 is 13.9. The number of hydrogen-bond donors (Lipinski definition) is 0. The molecule has 2 amide bonds. The highest BCUT2D eigenvalue weighted by Gasteiger charge is 2.39. The van der Waals surface area contributed by atoms with E-state index in [2.05, 4.69) is 29.2 Å². The number of aliphatic imine (C=N–C) groups is 1. The topological polar surface area (TPSA) is 57.6 Å². The number of halogens is 1. The number of carbonyl (C=O) groups excluding carboxylic acids is 1. The van der Waals surface area contributed by atoms with E-state index in [1.807, 2.05) is 65.3 Å². The lowest BCUT2D eigenvalue weighted by Gasteiger charge is -2.24. The van der Waals surface area contributed by atoms with Crippen LogP contribution in [0, 0.1) is 0 Å². The minimum atomic E-state index is -0.160. The van der Waals surface area contributed by atoms with Gasteiger partial charge in [-0.05, 0) is 68.3 Å². The minimum Gasteiger partial charge on any atom is -0.460 e. The molecule has 0 bridgehead atoms. The Morgan fingerprint density at radius 3 is 2.79 bits per heavy atom. The molecule has 7 nitrogen and oxygen atoms in total. The molecule has 2 aromatic rings. The standard InChI is InChI=1S/C30H37ClN4O3S/c1-4-23(2)12-13-32-21-24(3)38-28-7-5-6-25(20-28)29-22-33(14-15-34-16-17-37-18-19-39-34)30(36)35(29)27-10-8-26(31)9-11-27/h5-13,20-21,29H,4,14-19,22H2,1-3H3/b23-12-,24-21+,32-13-. The molecule has 2 aromatic carbocycles. The Kier molecular flexibility index (Phi) is 10.9. The smallest absolute Gasteiger partial charge is 0.325 e. The summed E-state index contributed by atoms with van der Waals surface area (Å²) in [7, 11) is 0. The van der Waals surface area contributed by atoms with E-state index >= 15 is 0 Å². The molecule has 2 aliphatic heterocycles. The van der Waals surface area contributed by atoms with Crippen LogP contribution in [0.25, 0.3) is 0 Å². The van der Waals surface area contributed by atoms with Gasteiger partial charge in [-0.2, -0.15) is 0 Å². The average molecular weight is 569 g/mol. The largest absolute Gasteiger partial charge is 0.460 e. The molecule has 2 heterocycles. The van der Waals surface area contributed by atoms with Crippen LogP contribution in [-0.4, -0.2) is 66.6 Å². The molecule has 0 N–H and O–H groups in total. The Morgan fingerprint density at radius 1 is 1.18 bits per heavy atom. The van der Waals surface area contributed by atoms with Crippen molar-refractivity contribution in [2.75, 3.05) is 50.0 Å². The van der Waals surface area contributed by atoms with Gasteiger partial charge in [-0.3, -0.25) is 9.89 Å². The molecule has 0 aromatic heterocycles. The summed E-state index contributed by atoms with van der Waals surface area (Å²) >= 11 is 7.95. The number of carbonyl (C=O) groups is 1. The van der Waals surface area contributed by atoms with Crippen LogP contribution < -0.4 is 9.64 Å². The Bertz CT molecular complexity index is 1190. The quantitative estimate of drug-likeness (QED) is 0.176. The van der Waals surface area contributed by atoms with Crippen molar-refractivity contribution in [1.29, 1.82) is 0 Å². The van der Waals surface area contributed by atoms with Crippen molar-refractivity contribution >= 4 is 41.5 Å². The van der Waals surface area contributed by atoms with Crippen molar-refractivity contribution in [3.8, 4) is 5.75 Å². The molecule has 9 heteroatoms. The zero-order valence-electron chi connectivity index (χ0n) is 22.9. The van der Waals surface area contributed by atoms with Crippen LogP contribution in [0.1, 0.15) is 38.8 Å². The van der Waals surface area contributed by atoms with Gasteiger partial charge in [0.1, 0.15) is 11.5 Å². The molecule has 1 atom stereocenters. The number of hydrogen-bond acceptors (Lipinski definition) is 6. The SMILES string of the molecule is CC\C(C)=C/C=N\C=C(/C)Oc1cccc(C2CN(CCN3CCOCCS3)C(=O)N2c2ccc(Cl)cc2)c1. The van der Waals surface area contributed by atoms with Gasteiger partial charge in [0, 0.05) is 48.9 Å². The molecule has 39 heavy (non-hydrogen) atoms. The lowest BCUT2D eigenvalue weighted by Crippen LogP contribution is -2.37. The second-order valence-electron chi connectivity index (χ2n) is 9.54. The van der Waals surface area contributed by atoms with Gasteiger partial charge in [0.05, 0.1) is 25.5 Å². The summed E-state index contributed by atoms with van der Waals surface area (Å²) in [5.74, 6) is 2.33. The van der Waals surface area contributed by atoms with Crippen LogP contribution in [0.2, 0.25) is 5.02 Å². The van der Waals surface area contributed by atoms with Gasteiger partial charge in [-0.15, -0.1) is 0 Å². The molecule has 0 saturated carbocycles. The second kappa shape index (κ2) is 14.6. The molecule has 2 saturated heterocycles. The molecule has 1 unspecified atom stereocenters. The van der Waals surface area contributed by atoms with E-state index in [1.54, 1.807) is 24.4 Å². The lowest BCUT2D eigenvalue weighted by atomic mass is 10.1. The number of amides is 2. The van der Waals surface area contributed by atoms with Crippen LogP contribution >= 0.6 is 23.5 Å². The summed E-state index contributed by atoms with van der Waals surface area (Å²) in [6.07, 6.45) is 6.48. The molecule has 4 rings (SSSR count). The zero-order valence-corrected chi connectivity index (χ0v) is 24.5. The minimum absolute atomic E-state index is 0.00874. The average Bonchev–Trinajstić information content (AvgIpc) is 3.08. The number of rotatable bonds is 10. The van der Waals surface area contributed by atoms with Crippen LogP contribution in [0.15, 0.2) is 77.1 Å². The third-order valence-corrected chi connectivity index (χ3v) is 8.00. The van der Waals surface area contributed by atoms with E-state index in [0.29, 0.717) is 29.6 Å². The predicted octanol–water partition coefficient (Wildman–Crippen LogP) is 6.97. The fraction of sp³-hybridized carbons (Fsp3) is 0.400. The van der Waals surface area contributed by atoms with E-state index in [0.717, 1.165) is 49.7 Å². The monoisotopic (exact) mass is 568 g/mol. The van der Waals surface area contributed by atoms with Crippen LogP contribution in [0.3, 0.4) is 0 Å². The number of benzene rings is 2. The van der Waals surface area contributed by atoms with E-state index in [4.69, 9.17) is 21.1 Å². The highest BCUT2D eigenvalue weighted by atomic mass is 35.5. The maximum atomic E-state index is 13.7. The Hall–Kier alpha value is -2.78. The third kappa shape index (κ3) is 8.35. The van der Waals surface area contributed by atoms with Gasteiger partial charge in [-0.1, -0.05) is 48.2 Å². The van der Waals surface area contributed by atoms with Gasteiger partial charge < -0.3 is 14.4 Å². The molecule has 208 valence electrons. The van der Waals surface area contributed by atoms with Crippen molar-refractivity contribution in [2.24, 2.45) is 4.99 Å². The second-order valence-corrected chi connectivity index (χ2v) is 11.2. The van der Waals surface area contributed by atoms with Gasteiger partial charge >= 0.3 is 6.03 Å². The molecular weight excluding hydrogens is 532 g/mol. The highest BCUT2D eigenvalue weighted by molar-refractivity contribution is 7.97. The van der Waals surface area contributed by atoms with Crippen LogP contribution in [-0.2, 0) is 4.74 Å². The van der Waals surface area contributed by atoms with Crippen molar-refractivity contribution < 1.29 is 14.3 Å². The fourth-order valence-electron chi connectivity index (χ4n) is 4.39. The molecule has 2 fully saturated rings. The normalized spacial score (nSPS) is 19.7. The maximum Gasteiger partial charge on any atom is 0.325 e. The fourth-order valence-corrected chi connectivity index (χ4v) is 5.38. The Labute approximate surface area is 241 Å². The molecule has 0 aliphatic carbocycles. The van der Waals surface area contributed by atoms with E-state index in [-0.39, 0.29) is 12.1 Å².